The minimum atomic E-state index is -4.71. The van der Waals surface area contributed by atoms with Gasteiger partial charge in [0.25, 0.3) is 15.9 Å². The number of hydrogen-bond donors (Lipinski definition) is 1. The van der Waals surface area contributed by atoms with Crippen LogP contribution in [-0.2, 0) is 21.4 Å². The summed E-state index contributed by atoms with van der Waals surface area (Å²) in [6, 6.07) is 9.65. The predicted octanol–water partition coefficient (Wildman–Crippen LogP) is 4.81. The lowest BCUT2D eigenvalue weighted by atomic mass is 10.2. The molecule has 0 spiro atoms. The third kappa shape index (κ3) is 5.44. The maximum Gasteiger partial charge on any atom is 0.266 e. The van der Waals surface area contributed by atoms with Crippen LogP contribution in [0, 0.1) is 28.8 Å². The summed E-state index contributed by atoms with van der Waals surface area (Å²) in [5.41, 5.74) is -0.910. The molecule has 1 N–H and O–H groups in total. The van der Waals surface area contributed by atoms with Crippen LogP contribution in [0.4, 0.5) is 18.9 Å². The fraction of sp³-hybridized carbons (Fsp3) is 0.0909. The van der Waals surface area contributed by atoms with Crippen molar-refractivity contribution in [1.82, 2.24) is 5.32 Å². The first-order valence-corrected chi connectivity index (χ1v) is 11.6. The molecule has 12 heteroatoms. The van der Waals surface area contributed by atoms with Gasteiger partial charge in [0.2, 0.25) is 6.04 Å². The van der Waals surface area contributed by atoms with Crippen molar-refractivity contribution in [2.24, 2.45) is 0 Å². The Balaban J connectivity index is 2.06. The molecular formula is C22H14Cl2F3N3O3S. The number of sulfonamides is 1. The van der Waals surface area contributed by atoms with Crippen molar-refractivity contribution in [3.8, 4) is 6.07 Å². The van der Waals surface area contributed by atoms with Crippen LogP contribution in [0.2, 0.25) is 10.0 Å². The van der Waals surface area contributed by atoms with Crippen molar-refractivity contribution in [3.05, 3.63) is 93.7 Å². The fourth-order valence-corrected chi connectivity index (χ4v) is 4.78. The lowest BCUT2D eigenvalue weighted by Gasteiger charge is -2.28. The lowest BCUT2D eigenvalue weighted by Crippen LogP contribution is -2.49. The van der Waals surface area contributed by atoms with E-state index in [1.807, 2.05) is 0 Å². The van der Waals surface area contributed by atoms with Gasteiger partial charge in [-0.2, -0.15) is 5.26 Å². The van der Waals surface area contributed by atoms with Crippen LogP contribution in [0.3, 0.4) is 0 Å². The molecule has 0 aliphatic rings. The van der Waals surface area contributed by atoms with Gasteiger partial charge in [0.1, 0.15) is 17.5 Å². The van der Waals surface area contributed by atoms with Gasteiger partial charge < -0.3 is 5.32 Å². The molecular weight excluding hydrogens is 514 g/mol. The Morgan fingerprint density at radius 2 is 1.59 bits per heavy atom. The maximum absolute atomic E-state index is 14.7. The summed E-state index contributed by atoms with van der Waals surface area (Å²) in [4.78, 5) is 12.5. The van der Waals surface area contributed by atoms with E-state index in [1.54, 1.807) is 0 Å². The quantitative estimate of drug-likeness (QED) is 0.477. The highest BCUT2D eigenvalue weighted by atomic mass is 35.5. The monoisotopic (exact) mass is 527 g/mol. The second-order valence-corrected chi connectivity index (χ2v) is 9.52. The SMILES string of the molecule is N#CC(C(=O)NCc1cc(F)ccc1F)N(c1cc(Cl)ccc1F)S(=O)(=O)c1ccc(Cl)cc1. The second kappa shape index (κ2) is 10.3. The number of nitrogens with zero attached hydrogens (tertiary/aromatic N) is 2. The Morgan fingerprint density at radius 1 is 0.971 bits per heavy atom. The Hall–Kier alpha value is -3.26. The van der Waals surface area contributed by atoms with Crippen molar-refractivity contribution in [3.63, 3.8) is 0 Å². The van der Waals surface area contributed by atoms with Crippen LogP contribution in [0.5, 0.6) is 0 Å². The van der Waals surface area contributed by atoms with Crippen LogP contribution in [0.25, 0.3) is 0 Å². The van der Waals surface area contributed by atoms with E-state index in [-0.39, 0.29) is 24.8 Å². The number of nitrogens with one attached hydrogen (secondary N) is 1. The molecule has 0 radical (unpaired) electrons. The van der Waals surface area contributed by atoms with E-state index >= 15 is 0 Å². The van der Waals surface area contributed by atoms with Gasteiger partial charge in [-0.1, -0.05) is 23.2 Å². The van der Waals surface area contributed by atoms with Crippen molar-refractivity contribution < 1.29 is 26.4 Å². The van der Waals surface area contributed by atoms with E-state index in [4.69, 9.17) is 23.2 Å². The molecule has 0 saturated heterocycles. The molecule has 0 bridgehead atoms. The largest absolute Gasteiger partial charge is 0.349 e. The summed E-state index contributed by atoms with van der Waals surface area (Å²) >= 11 is 11.7. The van der Waals surface area contributed by atoms with Crippen molar-refractivity contribution in [1.29, 1.82) is 5.26 Å². The lowest BCUT2D eigenvalue weighted by molar-refractivity contribution is -0.121. The van der Waals surface area contributed by atoms with E-state index in [0.29, 0.717) is 0 Å². The van der Waals surface area contributed by atoms with Crippen molar-refractivity contribution in [2.45, 2.75) is 17.5 Å². The van der Waals surface area contributed by atoms with Gasteiger partial charge in [-0.05, 0) is 60.7 Å². The van der Waals surface area contributed by atoms with Crippen LogP contribution < -0.4 is 9.62 Å². The molecule has 0 aliphatic heterocycles. The third-order valence-corrected chi connectivity index (χ3v) is 6.86. The number of halogens is 5. The molecule has 3 aromatic carbocycles. The molecule has 1 unspecified atom stereocenters. The molecule has 1 amide bonds. The molecule has 34 heavy (non-hydrogen) atoms. The van der Waals surface area contributed by atoms with E-state index in [2.05, 4.69) is 5.32 Å². The summed E-state index contributed by atoms with van der Waals surface area (Å²) in [7, 11) is -4.71. The number of anilines is 1. The van der Waals surface area contributed by atoms with Gasteiger partial charge in [-0.15, -0.1) is 0 Å². The Bertz CT molecular complexity index is 1380. The Morgan fingerprint density at radius 3 is 2.24 bits per heavy atom. The summed E-state index contributed by atoms with van der Waals surface area (Å²) < 4.78 is 69.1. The molecule has 0 fully saturated rings. The van der Waals surface area contributed by atoms with Crippen LogP contribution in [0.15, 0.2) is 65.6 Å². The number of hydrogen-bond acceptors (Lipinski definition) is 4. The summed E-state index contributed by atoms with van der Waals surface area (Å²) in [6.07, 6.45) is 0. The van der Waals surface area contributed by atoms with Gasteiger partial charge in [-0.25, -0.2) is 25.9 Å². The topological polar surface area (TPSA) is 90.3 Å². The molecule has 0 aromatic heterocycles. The first-order valence-electron chi connectivity index (χ1n) is 9.41. The highest BCUT2D eigenvalue weighted by Gasteiger charge is 2.38. The summed E-state index contributed by atoms with van der Waals surface area (Å²) in [6.45, 7) is -0.562. The second-order valence-electron chi connectivity index (χ2n) is 6.84. The van der Waals surface area contributed by atoms with Crippen molar-refractivity contribution >= 4 is 44.8 Å². The van der Waals surface area contributed by atoms with Gasteiger partial charge >= 0.3 is 0 Å². The average molecular weight is 528 g/mol. The highest BCUT2D eigenvalue weighted by Crippen LogP contribution is 2.31. The standard InChI is InChI=1S/C22H14Cl2F3N3O3S/c23-14-1-5-17(6-2-14)34(32,33)30(20-10-15(24)3-7-19(20)27)21(11-28)22(31)29-12-13-9-16(25)4-8-18(13)26/h1-10,21H,12H2,(H,29,31). The molecule has 0 heterocycles. The molecule has 6 nitrogen and oxygen atoms in total. The first-order chi connectivity index (χ1) is 16.0. The van der Waals surface area contributed by atoms with E-state index in [0.717, 1.165) is 48.5 Å². The Labute approximate surface area is 203 Å². The van der Waals surface area contributed by atoms with Crippen LogP contribution in [0.1, 0.15) is 5.56 Å². The zero-order valence-corrected chi connectivity index (χ0v) is 19.3. The number of benzene rings is 3. The normalized spacial score (nSPS) is 12.0. The van der Waals surface area contributed by atoms with E-state index < -0.39 is 51.7 Å². The number of carbonyl (C=O) groups is 1. The van der Waals surface area contributed by atoms with Gasteiger partial charge in [-0.3, -0.25) is 4.79 Å². The van der Waals surface area contributed by atoms with Gasteiger partial charge in [0.05, 0.1) is 16.7 Å². The molecule has 0 aliphatic carbocycles. The number of carbonyl (C=O) groups excluding carboxylic acids is 1. The molecule has 3 rings (SSSR count). The summed E-state index contributed by atoms with van der Waals surface area (Å²) in [5, 5.41) is 12.0. The van der Waals surface area contributed by atoms with Crippen LogP contribution in [-0.4, -0.2) is 20.4 Å². The molecule has 176 valence electrons. The predicted molar refractivity (Wildman–Crippen MR) is 120 cm³/mol. The average Bonchev–Trinajstić information content (AvgIpc) is 2.79. The fourth-order valence-electron chi connectivity index (χ4n) is 2.96. The number of nitriles is 1. The Kier molecular flexibility index (Phi) is 7.71. The zero-order valence-electron chi connectivity index (χ0n) is 17.0. The summed E-state index contributed by atoms with van der Waals surface area (Å²) in [5.74, 6) is -3.88. The number of amides is 1. The maximum atomic E-state index is 14.7. The third-order valence-electron chi connectivity index (χ3n) is 4.58. The van der Waals surface area contributed by atoms with Gasteiger partial charge in [0, 0.05) is 22.2 Å². The highest BCUT2D eigenvalue weighted by molar-refractivity contribution is 7.93. The van der Waals surface area contributed by atoms with Gasteiger partial charge in [0.15, 0.2) is 0 Å². The zero-order chi connectivity index (χ0) is 25.0. The first kappa shape index (κ1) is 25.4. The molecule has 3 aromatic rings. The van der Waals surface area contributed by atoms with Crippen molar-refractivity contribution in [2.75, 3.05) is 4.31 Å². The minimum Gasteiger partial charge on any atom is -0.349 e. The van der Waals surface area contributed by atoms with E-state index in [1.165, 1.54) is 18.2 Å². The van der Waals surface area contributed by atoms with E-state index in [9.17, 15) is 31.6 Å². The smallest absolute Gasteiger partial charge is 0.266 e. The minimum absolute atomic E-state index is 0.0633. The number of rotatable bonds is 7. The molecule has 0 saturated carbocycles. The van der Waals surface area contributed by atoms with Crippen LogP contribution >= 0.6 is 23.2 Å². The molecule has 1 atom stereocenters.